The quantitative estimate of drug-likeness (QED) is 0.614. The van der Waals surface area contributed by atoms with Crippen molar-refractivity contribution in [1.82, 2.24) is 20.1 Å². The number of carbonyl (C=O) groups is 1. The largest absolute Gasteiger partial charge is 0.481 e. The van der Waals surface area contributed by atoms with Crippen molar-refractivity contribution < 1.29 is 27.8 Å². The molecule has 3 rings (SSSR count). The van der Waals surface area contributed by atoms with E-state index in [1.807, 2.05) is 0 Å². The molecule has 7 nitrogen and oxygen atoms in total. The Labute approximate surface area is 170 Å². The van der Waals surface area contributed by atoms with Gasteiger partial charge in [-0.3, -0.25) is 4.79 Å². The molecule has 0 spiro atoms. The number of ether oxygens (including phenoxy) is 1. The molecule has 0 radical (unpaired) electrons. The summed E-state index contributed by atoms with van der Waals surface area (Å²) in [6.07, 6.45) is -2.69. The zero-order valence-electron chi connectivity index (χ0n) is 16.0. The van der Waals surface area contributed by atoms with Crippen molar-refractivity contribution in [3.05, 3.63) is 59.9 Å². The van der Waals surface area contributed by atoms with Crippen molar-refractivity contribution in [1.29, 1.82) is 0 Å². The molecule has 2 N–H and O–H groups in total. The summed E-state index contributed by atoms with van der Waals surface area (Å²) in [5.74, 6) is -0.135. The molecule has 0 unspecified atom stereocenters. The highest BCUT2D eigenvalue weighted by atomic mass is 19.4. The normalized spacial score (nSPS) is 11.4. The van der Waals surface area contributed by atoms with Crippen LogP contribution < -0.4 is 10.1 Å². The number of methoxy groups -OCH3 is 1. The number of aromatic nitrogens is 3. The van der Waals surface area contributed by atoms with E-state index in [1.54, 1.807) is 30.3 Å². The molecule has 0 aliphatic carbocycles. The van der Waals surface area contributed by atoms with Crippen LogP contribution in [0.1, 0.15) is 11.3 Å². The number of nitrogens with one attached hydrogen (secondary N) is 1. The number of aliphatic hydroxyl groups excluding tert-OH is 1. The van der Waals surface area contributed by atoms with Gasteiger partial charge in [-0.1, -0.05) is 24.3 Å². The van der Waals surface area contributed by atoms with Crippen molar-refractivity contribution in [2.24, 2.45) is 0 Å². The van der Waals surface area contributed by atoms with Crippen LogP contribution in [0.3, 0.4) is 0 Å². The van der Waals surface area contributed by atoms with E-state index in [2.05, 4.69) is 15.4 Å². The Morgan fingerprint density at radius 2 is 1.93 bits per heavy atom. The average molecular weight is 420 g/mol. The van der Waals surface area contributed by atoms with E-state index in [4.69, 9.17) is 9.84 Å². The maximum atomic E-state index is 13.3. The number of carbonyl (C=O) groups excluding carboxylic acids is 1. The van der Waals surface area contributed by atoms with Gasteiger partial charge in [0.05, 0.1) is 24.7 Å². The maximum Gasteiger partial charge on any atom is 0.435 e. The van der Waals surface area contributed by atoms with Crippen LogP contribution in [0.15, 0.2) is 48.7 Å². The molecule has 0 saturated heterocycles. The van der Waals surface area contributed by atoms with Gasteiger partial charge < -0.3 is 15.2 Å². The molecule has 0 aliphatic rings. The molecular weight excluding hydrogens is 401 g/mol. The van der Waals surface area contributed by atoms with Crippen LogP contribution in [-0.4, -0.2) is 46.0 Å². The molecule has 158 valence electrons. The van der Waals surface area contributed by atoms with Crippen molar-refractivity contribution in [2.75, 3.05) is 20.3 Å². The molecular formula is C20H19F3N4O3. The third-order valence-electron chi connectivity index (χ3n) is 4.30. The summed E-state index contributed by atoms with van der Waals surface area (Å²) in [5.41, 5.74) is 1.03. The summed E-state index contributed by atoms with van der Waals surface area (Å²) < 4.78 is 46.0. The minimum absolute atomic E-state index is 0.259. The van der Waals surface area contributed by atoms with E-state index < -0.39 is 24.4 Å². The molecule has 0 saturated carbocycles. The second-order valence-electron chi connectivity index (χ2n) is 6.34. The van der Waals surface area contributed by atoms with Gasteiger partial charge in [-0.05, 0) is 24.1 Å². The van der Waals surface area contributed by atoms with Crippen molar-refractivity contribution >= 4 is 5.91 Å². The number of pyridine rings is 1. The minimum Gasteiger partial charge on any atom is -0.481 e. The summed E-state index contributed by atoms with van der Waals surface area (Å²) in [5, 5.41) is 15.0. The molecule has 2 heterocycles. The van der Waals surface area contributed by atoms with Crippen LogP contribution in [0.2, 0.25) is 0 Å². The van der Waals surface area contributed by atoms with Gasteiger partial charge in [0.2, 0.25) is 11.8 Å². The molecule has 0 atom stereocenters. The lowest BCUT2D eigenvalue weighted by molar-refractivity contribution is -0.141. The number of alkyl halides is 3. The fourth-order valence-corrected chi connectivity index (χ4v) is 2.78. The van der Waals surface area contributed by atoms with E-state index >= 15 is 0 Å². The van der Waals surface area contributed by atoms with Crippen molar-refractivity contribution in [3.8, 4) is 22.8 Å². The molecule has 0 aliphatic heterocycles. The van der Waals surface area contributed by atoms with Crippen molar-refractivity contribution in [3.63, 3.8) is 0 Å². The molecule has 1 aromatic carbocycles. The Morgan fingerprint density at radius 3 is 2.50 bits per heavy atom. The Kier molecular flexibility index (Phi) is 6.36. The number of hydrogen-bond donors (Lipinski definition) is 2. The van der Waals surface area contributed by atoms with Gasteiger partial charge in [-0.25, -0.2) is 9.67 Å². The summed E-state index contributed by atoms with van der Waals surface area (Å²) in [6, 6.07) is 11.0. The smallest absolute Gasteiger partial charge is 0.435 e. The van der Waals surface area contributed by atoms with Crippen LogP contribution in [0, 0.1) is 0 Å². The molecule has 1 amide bonds. The topological polar surface area (TPSA) is 89.3 Å². The second-order valence-corrected chi connectivity index (χ2v) is 6.34. The lowest BCUT2D eigenvalue weighted by Gasteiger charge is -2.09. The van der Waals surface area contributed by atoms with Gasteiger partial charge in [-0.15, -0.1) is 0 Å². The third kappa shape index (κ3) is 4.95. The highest BCUT2D eigenvalue weighted by Gasteiger charge is 2.35. The fraction of sp³-hybridized carbons (Fsp3) is 0.250. The summed E-state index contributed by atoms with van der Waals surface area (Å²) in [7, 11) is 1.44. The van der Waals surface area contributed by atoms with Crippen LogP contribution in [0.25, 0.3) is 16.9 Å². The lowest BCUT2D eigenvalue weighted by atomic mass is 10.1. The van der Waals surface area contributed by atoms with Gasteiger partial charge >= 0.3 is 6.18 Å². The Balaban J connectivity index is 1.90. The Bertz CT molecular complexity index is 1000. The van der Waals surface area contributed by atoms with E-state index in [0.29, 0.717) is 30.1 Å². The standard InChI is InChI=1S/C20H19F3N4O3/c1-30-19-7-6-15(11-25-19)27-16(10-17(26-27)20(21,22)23)14-4-2-13(3-5-14)8-9-24-18(29)12-28/h2-7,10-11,28H,8-9,12H2,1H3,(H,24,29). The Morgan fingerprint density at radius 1 is 1.20 bits per heavy atom. The molecule has 10 heteroatoms. The molecule has 2 aromatic heterocycles. The van der Waals surface area contributed by atoms with Crippen LogP contribution >= 0.6 is 0 Å². The Hall–Kier alpha value is -3.40. The predicted molar refractivity (Wildman–Crippen MR) is 102 cm³/mol. The molecule has 30 heavy (non-hydrogen) atoms. The number of halogens is 3. The number of aliphatic hydroxyl groups is 1. The first kappa shape index (κ1) is 21.3. The fourth-order valence-electron chi connectivity index (χ4n) is 2.78. The predicted octanol–water partition coefficient (Wildman–Crippen LogP) is 2.61. The summed E-state index contributed by atoms with van der Waals surface area (Å²) in [6.45, 7) is -0.239. The molecule has 3 aromatic rings. The van der Waals surface area contributed by atoms with Gasteiger partial charge in [0.15, 0.2) is 5.69 Å². The van der Waals surface area contributed by atoms with Gasteiger partial charge in [0.25, 0.3) is 0 Å². The number of amides is 1. The number of rotatable bonds is 7. The van der Waals surface area contributed by atoms with Gasteiger partial charge in [0.1, 0.15) is 6.61 Å². The average Bonchev–Trinajstić information content (AvgIpc) is 3.20. The van der Waals surface area contributed by atoms with Crippen LogP contribution in [0.5, 0.6) is 5.88 Å². The summed E-state index contributed by atoms with van der Waals surface area (Å²) in [4.78, 5) is 15.1. The monoisotopic (exact) mass is 420 g/mol. The van der Waals surface area contributed by atoms with Crippen LogP contribution in [-0.2, 0) is 17.4 Å². The minimum atomic E-state index is -4.59. The zero-order valence-corrected chi connectivity index (χ0v) is 16.0. The number of benzene rings is 1. The number of hydrogen-bond acceptors (Lipinski definition) is 5. The summed E-state index contributed by atoms with van der Waals surface area (Å²) >= 11 is 0. The third-order valence-corrected chi connectivity index (χ3v) is 4.30. The highest BCUT2D eigenvalue weighted by molar-refractivity contribution is 5.76. The number of nitrogens with zero attached hydrogens (tertiary/aromatic N) is 3. The van der Waals surface area contributed by atoms with Gasteiger partial charge in [0, 0.05) is 18.2 Å². The van der Waals surface area contributed by atoms with E-state index in [0.717, 1.165) is 11.6 Å². The van der Waals surface area contributed by atoms with E-state index in [1.165, 1.54) is 24.1 Å². The van der Waals surface area contributed by atoms with E-state index in [-0.39, 0.29) is 5.69 Å². The first-order valence-electron chi connectivity index (χ1n) is 8.96. The first-order chi connectivity index (χ1) is 14.3. The SMILES string of the molecule is COc1ccc(-n2nc(C(F)(F)F)cc2-c2ccc(CCNC(=O)CO)cc2)cn1. The first-order valence-corrected chi connectivity index (χ1v) is 8.96. The molecule has 0 bridgehead atoms. The molecule has 0 fully saturated rings. The maximum absolute atomic E-state index is 13.3. The zero-order chi connectivity index (χ0) is 21.7. The van der Waals surface area contributed by atoms with E-state index in [9.17, 15) is 18.0 Å². The van der Waals surface area contributed by atoms with Crippen molar-refractivity contribution in [2.45, 2.75) is 12.6 Å². The second kappa shape index (κ2) is 8.95. The van der Waals surface area contributed by atoms with Crippen LogP contribution in [0.4, 0.5) is 13.2 Å². The lowest BCUT2D eigenvalue weighted by Crippen LogP contribution is -2.28. The van der Waals surface area contributed by atoms with Gasteiger partial charge in [-0.2, -0.15) is 18.3 Å². The highest BCUT2D eigenvalue weighted by Crippen LogP contribution is 2.33.